The van der Waals surface area contributed by atoms with Gasteiger partial charge in [-0.25, -0.2) is 14.3 Å². The van der Waals surface area contributed by atoms with Gasteiger partial charge in [-0.15, -0.1) is 0 Å². The molecule has 2 heterocycles. The molecule has 0 amide bonds. The summed E-state index contributed by atoms with van der Waals surface area (Å²) >= 11 is 0. The van der Waals surface area contributed by atoms with Gasteiger partial charge in [0, 0.05) is 0 Å². The Hall–Kier alpha value is -1.65. The zero-order chi connectivity index (χ0) is 13.3. The molecule has 1 aliphatic heterocycles. The Morgan fingerprint density at radius 1 is 1.56 bits per heavy atom. The van der Waals surface area contributed by atoms with Crippen molar-refractivity contribution < 1.29 is 23.7 Å². The number of fused-ring (bicyclic) bond motifs is 1. The van der Waals surface area contributed by atoms with Crippen molar-refractivity contribution in [1.82, 2.24) is 14.5 Å². The van der Waals surface area contributed by atoms with E-state index in [9.17, 15) is 18.7 Å². The van der Waals surface area contributed by atoms with Crippen molar-refractivity contribution in [3.8, 4) is 0 Å². The molecule has 1 aromatic heterocycles. The predicted octanol–water partition coefficient (Wildman–Crippen LogP) is -2.14. The Labute approximate surface area is 97.6 Å². The van der Waals surface area contributed by atoms with E-state index in [1.165, 1.54) is 0 Å². The Bertz CT molecular complexity index is 578. The highest BCUT2D eigenvalue weighted by Gasteiger charge is 2.86. The summed E-state index contributed by atoms with van der Waals surface area (Å²) in [6.07, 6.45) is -4.41. The number of alkyl halides is 2. The van der Waals surface area contributed by atoms with Gasteiger partial charge in [0.2, 0.25) is 12.2 Å². The van der Waals surface area contributed by atoms with E-state index in [1.54, 1.807) is 0 Å². The fourth-order valence-corrected chi connectivity index (χ4v) is 2.07. The second-order valence-corrected chi connectivity index (χ2v) is 4.21. The second kappa shape index (κ2) is 3.02. The summed E-state index contributed by atoms with van der Waals surface area (Å²) in [4.78, 5) is 18.0. The third-order valence-electron chi connectivity index (χ3n) is 3.18. The lowest BCUT2D eigenvalue weighted by Crippen LogP contribution is -2.46. The topological polar surface area (TPSA) is 123 Å². The summed E-state index contributed by atoms with van der Waals surface area (Å²) in [6, 6.07) is 0. The maximum absolute atomic E-state index is 13.9. The predicted molar refractivity (Wildman–Crippen MR) is 50.5 cm³/mol. The number of aliphatic hydroxyl groups excluding tert-OH is 1. The normalized spacial score (nSPS) is 40.6. The van der Waals surface area contributed by atoms with E-state index in [0.717, 1.165) is 6.33 Å². The molecule has 1 aromatic rings. The minimum Gasteiger partial charge on any atom is -0.387 e. The first-order chi connectivity index (χ1) is 8.30. The van der Waals surface area contributed by atoms with Crippen LogP contribution in [0.3, 0.4) is 0 Å². The Morgan fingerprint density at radius 2 is 2.22 bits per heavy atom. The zero-order valence-corrected chi connectivity index (χ0v) is 8.70. The summed E-state index contributed by atoms with van der Waals surface area (Å²) in [5, 5.41) is 18.7. The van der Waals surface area contributed by atoms with Crippen LogP contribution in [-0.4, -0.2) is 48.5 Å². The van der Waals surface area contributed by atoms with Gasteiger partial charge in [-0.1, -0.05) is 0 Å². The number of aromatic nitrogens is 3. The molecule has 0 aromatic carbocycles. The molecule has 1 aliphatic carbocycles. The number of anilines is 1. The van der Waals surface area contributed by atoms with E-state index in [-0.39, 0.29) is 5.95 Å². The standard InChI is InChI=1S/C8H8F2N4O4/c9-8(10)4(18-3-2(15)7(3,8)17)14-1-12-5(11)13-6(14)16/h1-4,15,17H,(H2,11,13,16)/t2?,3-,4-,7-/m1/s1. The highest BCUT2D eigenvalue weighted by molar-refractivity contribution is 5.28. The van der Waals surface area contributed by atoms with Crippen molar-refractivity contribution in [2.75, 3.05) is 5.73 Å². The molecule has 0 bridgehead atoms. The van der Waals surface area contributed by atoms with Crippen LogP contribution in [0, 0.1) is 0 Å². The molecular formula is C8H8F2N4O4. The molecule has 3 rings (SSSR count). The highest BCUT2D eigenvalue weighted by Crippen LogP contribution is 2.61. The van der Waals surface area contributed by atoms with Crippen molar-refractivity contribution in [3.63, 3.8) is 0 Å². The van der Waals surface area contributed by atoms with Gasteiger partial charge in [-0.05, 0) is 0 Å². The van der Waals surface area contributed by atoms with E-state index < -0.39 is 35.6 Å². The largest absolute Gasteiger partial charge is 0.387 e. The van der Waals surface area contributed by atoms with Crippen molar-refractivity contribution in [2.45, 2.75) is 30.0 Å². The molecule has 2 aliphatic rings. The lowest BCUT2D eigenvalue weighted by Gasteiger charge is -2.25. The number of halogens is 2. The third-order valence-corrected chi connectivity index (χ3v) is 3.18. The molecule has 8 nitrogen and oxygen atoms in total. The van der Waals surface area contributed by atoms with Gasteiger partial charge in [0.05, 0.1) is 0 Å². The van der Waals surface area contributed by atoms with E-state index >= 15 is 0 Å². The van der Waals surface area contributed by atoms with E-state index in [4.69, 9.17) is 15.6 Å². The number of nitrogens with zero attached hydrogens (tertiary/aromatic N) is 3. The smallest absolute Gasteiger partial charge is 0.354 e. The SMILES string of the molecule is Nc1ncn([C@@H]2O[C@@H]3C(O)[C@]3(O)C2(F)F)c(=O)n1. The van der Waals surface area contributed by atoms with Crippen LogP contribution in [0.25, 0.3) is 0 Å². The van der Waals surface area contributed by atoms with Crippen LogP contribution >= 0.6 is 0 Å². The van der Waals surface area contributed by atoms with Gasteiger partial charge in [-0.3, -0.25) is 0 Å². The average molecular weight is 262 g/mol. The fourth-order valence-electron chi connectivity index (χ4n) is 2.07. The van der Waals surface area contributed by atoms with Gasteiger partial charge in [0.25, 0.3) is 0 Å². The number of hydrogen-bond acceptors (Lipinski definition) is 7. The minimum atomic E-state index is -3.83. The molecule has 4 atom stereocenters. The van der Waals surface area contributed by atoms with Gasteiger partial charge < -0.3 is 20.7 Å². The van der Waals surface area contributed by atoms with Crippen LogP contribution in [0.2, 0.25) is 0 Å². The van der Waals surface area contributed by atoms with Crippen LogP contribution in [-0.2, 0) is 4.74 Å². The average Bonchev–Trinajstić information content (AvgIpc) is 2.72. The molecule has 1 saturated heterocycles. The summed E-state index contributed by atoms with van der Waals surface area (Å²) in [6.45, 7) is 0. The molecule has 0 radical (unpaired) electrons. The number of ether oxygens (including phenoxy) is 1. The Morgan fingerprint density at radius 3 is 2.72 bits per heavy atom. The zero-order valence-electron chi connectivity index (χ0n) is 8.70. The number of nitrogens with two attached hydrogens (primary N) is 1. The molecule has 2 fully saturated rings. The summed E-state index contributed by atoms with van der Waals surface area (Å²) in [5.41, 5.74) is 1.38. The first kappa shape index (κ1) is 11.4. The summed E-state index contributed by atoms with van der Waals surface area (Å²) < 4.78 is 32.9. The molecule has 4 N–H and O–H groups in total. The molecule has 1 unspecified atom stereocenters. The molecule has 98 valence electrons. The lowest BCUT2D eigenvalue weighted by molar-refractivity contribution is -0.197. The maximum Gasteiger partial charge on any atom is 0.354 e. The Balaban J connectivity index is 2.03. The van der Waals surface area contributed by atoms with Crippen LogP contribution in [0.4, 0.5) is 14.7 Å². The van der Waals surface area contributed by atoms with Crippen molar-refractivity contribution in [3.05, 3.63) is 16.8 Å². The van der Waals surface area contributed by atoms with Crippen LogP contribution < -0.4 is 11.4 Å². The highest BCUT2D eigenvalue weighted by atomic mass is 19.3. The number of hydrogen-bond donors (Lipinski definition) is 3. The molecule has 10 heteroatoms. The van der Waals surface area contributed by atoms with Crippen molar-refractivity contribution in [2.24, 2.45) is 0 Å². The molecular weight excluding hydrogens is 254 g/mol. The number of rotatable bonds is 1. The first-order valence-electron chi connectivity index (χ1n) is 4.94. The monoisotopic (exact) mass is 262 g/mol. The van der Waals surface area contributed by atoms with Gasteiger partial charge in [0.15, 0.2) is 5.60 Å². The van der Waals surface area contributed by atoms with E-state index in [1.807, 2.05) is 0 Å². The number of aliphatic hydroxyl groups is 2. The lowest BCUT2D eigenvalue weighted by atomic mass is 10.1. The van der Waals surface area contributed by atoms with E-state index in [0.29, 0.717) is 4.57 Å². The quantitative estimate of drug-likeness (QED) is 0.527. The van der Waals surface area contributed by atoms with Crippen LogP contribution in [0.1, 0.15) is 6.23 Å². The third kappa shape index (κ3) is 1.09. The maximum atomic E-state index is 13.9. The number of nitrogen functional groups attached to an aromatic ring is 1. The van der Waals surface area contributed by atoms with Gasteiger partial charge >= 0.3 is 11.6 Å². The minimum absolute atomic E-state index is 0.360. The fraction of sp³-hybridized carbons (Fsp3) is 0.625. The van der Waals surface area contributed by atoms with Crippen molar-refractivity contribution >= 4 is 5.95 Å². The first-order valence-corrected chi connectivity index (χ1v) is 4.94. The Kier molecular flexibility index (Phi) is 1.92. The second-order valence-electron chi connectivity index (χ2n) is 4.21. The van der Waals surface area contributed by atoms with Crippen LogP contribution in [0.5, 0.6) is 0 Å². The van der Waals surface area contributed by atoms with Gasteiger partial charge in [-0.2, -0.15) is 13.8 Å². The van der Waals surface area contributed by atoms with E-state index in [2.05, 4.69) is 9.97 Å². The summed E-state index contributed by atoms with van der Waals surface area (Å²) in [5.74, 6) is -4.19. The summed E-state index contributed by atoms with van der Waals surface area (Å²) in [7, 11) is 0. The van der Waals surface area contributed by atoms with Crippen LogP contribution in [0.15, 0.2) is 11.1 Å². The molecule has 18 heavy (non-hydrogen) atoms. The van der Waals surface area contributed by atoms with Crippen molar-refractivity contribution in [1.29, 1.82) is 0 Å². The molecule has 0 spiro atoms. The van der Waals surface area contributed by atoms with Gasteiger partial charge in [0.1, 0.15) is 18.5 Å². The molecule has 1 saturated carbocycles.